The summed E-state index contributed by atoms with van der Waals surface area (Å²) < 4.78 is 5.25. The maximum absolute atomic E-state index is 11.9. The Bertz CT molecular complexity index is 677. The van der Waals surface area contributed by atoms with E-state index in [1.807, 2.05) is 48.7 Å². The molecule has 2 rings (SSSR count). The summed E-state index contributed by atoms with van der Waals surface area (Å²) in [4.78, 5) is 16.1. The number of hydrogen-bond acceptors (Lipinski definition) is 3. The molecular formula is C24H31NO2. The van der Waals surface area contributed by atoms with Crippen molar-refractivity contribution in [3.63, 3.8) is 0 Å². The Hall–Kier alpha value is -2.42. The van der Waals surface area contributed by atoms with E-state index in [9.17, 15) is 4.79 Å². The van der Waals surface area contributed by atoms with Gasteiger partial charge in [0, 0.05) is 18.3 Å². The Morgan fingerprint density at radius 2 is 1.67 bits per heavy atom. The van der Waals surface area contributed by atoms with Gasteiger partial charge in [0.25, 0.3) is 0 Å². The molecule has 3 nitrogen and oxygen atoms in total. The van der Waals surface area contributed by atoms with Gasteiger partial charge in [-0.2, -0.15) is 0 Å². The van der Waals surface area contributed by atoms with Gasteiger partial charge in [-0.15, -0.1) is 0 Å². The number of carbonyl (C=O) groups is 1. The highest BCUT2D eigenvalue weighted by atomic mass is 16.5. The van der Waals surface area contributed by atoms with Gasteiger partial charge in [0.15, 0.2) is 0 Å². The van der Waals surface area contributed by atoms with Crippen molar-refractivity contribution in [2.45, 2.75) is 64.7 Å². The molecular weight excluding hydrogens is 334 g/mol. The van der Waals surface area contributed by atoms with E-state index in [0.29, 0.717) is 12.3 Å². The minimum atomic E-state index is -0.390. The Labute approximate surface area is 163 Å². The second kappa shape index (κ2) is 12.9. The first-order valence-corrected chi connectivity index (χ1v) is 10.1. The van der Waals surface area contributed by atoms with Gasteiger partial charge in [-0.05, 0) is 30.4 Å². The largest absolute Gasteiger partial charge is 0.404 e. The predicted molar refractivity (Wildman–Crippen MR) is 111 cm³/mol. The summed E-state index contributed by atoms with van der Waals surface area (Å²) >= 11 is 0. The summed E-state index contributed by atoms with van der Waals surface area (Å²) in [5, 5.41) is 0. The number of benzene rings is 1. The fourth-order valence-corrected chi connectivity index (χ4v) is 2.95. The van der Waals surface area contributed by atoms with Crippen LogP contribution in [0.5, 0.6) is 5.88 Å². The highest BCUT2D eigenvalue weighted by molar-refractivity contribution is 5.83. The number of nitrogens with zero attached hydrogens (tertiary/aromatic N) is 1. The van der Waals surface area contributed by atoms with Crippen molar-refractivity contribution < 1.29 is 9.53 Å². The zero-order chi connectivity index (χ0) is 19.2. The lowest BCUT2D eigenvalue weighted by Crippen LogP contribution is -2.05. The Balaban J connectivity index is 1.65. The summed E-state index contributed by atoms with van der Waals surface area (Å²) in [6, 6.07) is 13.8. The molecule has 0 aliphatic heterocycles. The lowest BCUT2D eigenvalue weighted by Gasteiger charge is -2.04. The van der Waals surface area contributed by atoms with Crippen LogP contribution in [0.2, 0.25) is 0 Å². The van der Waals surface area contributed by atoms with Crippen LogP contribution in [-0.4, -0.2) is 11.0 Å². The molecule has 0 radical (unpaired) electrons. The standard InChI is InChI=1S/C24H31NO2/c1-2-3-4-5-6-7-9-15-22-18-19-23(25-20-22)27-24(26)17-12-16-21-13-10-8-11-14-21/h8,10-14,17-20H,2-7,9,15-16H2,1H3/b17-12+. The van der Waals surface area contributed by atoms with Crippen molar-refractivity contribution in [3.05, 3.63) is 71.9 Å². The maximum Gasteiger partial charge on any atom is 0.337 e. The zero-order valence-electron chi connectivity index (χ0n) is 16.4. The molecule has 0 atom stereocenters. The fourth-order valence-electron chi connectivity index (χ4n) is 2.95. The number of aromatic nitrogens is 1. The highest BCUT2D eigenvalue weighted by Gasteiger charge is 2.02. The van der Waals surface area contributed by atoms with Crippen LogP contribution < -0.4 is 4.74 Å². The summed E-state index contributed by atoms with van der Waals surface area (Å²) in [6.07, 6.45) is 16.0. The van der Waals surface area contributed by atoms with Crippen molar-refractivity contribution in [2.75, 3.05) is 0 Å². The molecule has 0 amide bonds. The van der Waals surface area contributed by atoms with Gasteiger partial charge in [0.05, 0.1) is 0 Å². The molecule has 1 aromatic carbocycles. The molecule has 2 aromatic rings. The van der Waals surface area contributed by atoms with Crippen LogP contribution in [0.1, 0.15) is 63.0 Å². The summed E-state index contributed by atoms with van der Waals surface area (Å²) in [6.45, 7) is 2.25. The molecule has 0 unspecified atom stereocenters. The van der Waals surface area contributed by atoms with E-state index in [0.717, 1.165) is 12.0 Å². The second-order valence-corrected chi connectivity index (χ2v) is 6.89. The Morgan fingerprint density at radius 3 is 2.37 bits per heavy atom. The second-order valence-electron chi connectivity index (χ2n) is 6.89. The molecule has 3 heteroatoms. The van der Waals surface area contributed by atoms with Crippen molar-refractivity contribution in [2.24, 2.45) is 0 Å². The highest BCUT2D eigenvalue weighted by Crippen LogP contribution is 2.13. The van der Waals surface area contributed by atoms with Crippen LogP contribution in [0.4, 0.5) is 0 Å². The number of unbranched alkanes of at least 4 members (excludes halogenated alkanes) is 6. The first-order valence-electron chi connectivity index (χ1n) is 10.1. The summed E-state index contributed by atoms with van der Waals surface area (Å²) in [7, 11) is 0. The van der Waals surface area contributed by atoms with Crippen molar-refractivity contribution in [3.8, 4) is 5.88 Å². The lowest BCUT2D eigenvalue weighted by atomic mass is 10.1. The van der Waals surface area contributed by atoms with Gasteiger partial charge >= 0.3 is 5.97 Å². The van der Waals surface area contributed by atoms with Gasteiger partial charge in [0.2, 0.25) is 5.88 Å². The quantitative estimate of drug-likeness (QED) is 0.260. The average molecular weight is 366 g/mol. The lowest BCUT2D eigenvalue weighted by molar-refractivity contribution is -0.129. The number of aryl methyl sites for hydroxylation is 1. The fraction of sp³-hybridized carbons (Fsp3) is 0.417. The van der Waals surface area contributed by atoms with Crippen LogP contribution >= 0.6 is 0 Å². The molecule has 1 aromatic heterocycles. The third-order valence-electron chi connectivity index (χ3n) is 4.52. The summed E-state index contributed by atoms with van der Waals surface area (Å²) in [5.41, 5.74) is 2.36. The molecule has 0 saturated heterocycles. The first kappa shape index (κ1) is 20.9. The molecule has 0 spiro atoms. The SMILES string of the molecule is CCCCCCCCCc1ccc(OC(=O)/C=C/Cc2ccccc2)nc1. The third-order valence-corrected chi connectivity index (χ3v) is 4.52. The minimum Gasteiger partial charge on any atom is -0.404 e. The van der Waals surface area contributed by atoms with E-state index in [2.05, 4.69) is 11.9 Å². The molecule has 0 saturated carbocycles. The van der Waals surface area contributed by atoms with E-state index >= 15 is 0 Å². The number of pyridine rings is 1. The topological polar surface area (TPSA) is 39.2 Å². The van der Waals surface area contributed by atoms with E-state index in [1.54, 1.807) is 6.07 Å². The number of rotatable bonds is 12. The van der Waals surface area contributed by atoms with Crippen LogP contribution in [-0.2, 0) is 17.6 Å². The van der Waals surface area contributed by atoms with Gasteiger partial charge in [-0.1, -0.05) is 87.9 Å². The number of carbonyl (C=O) groups excluding carboxylic acids is 1. The van der Waals surface area contributed by atoms with E-state index in [-0.39, 0.29) is 0 Å². The molecule has 144 valence electrons. The van der Waals surface area contributed by atoms with Crippen molar-refractivity contribution in [1.29, 1.82) is 0 Å². The number of hydrogen-bond donors (Lipinski definition) is 0. The summed E-state index contributed by atoms with van der Waals surface area (Å²) in [5.74, 6) is -0.0362. The van der Waals surface area contributed by atoms with Crippen molar-refractivity contribution >= 4 is 5.97 Å². The molecule has 0 N–H and O–H groups in total. The van der Waals surface area contributed by atoms with Gasteiger partial charge in [-0.3, -0.25) is 0 Å². The predicted octanol–water partition coefficient (Wildman–Crippen LogP) is 6.08. The maximum atomic E-state index is 11.9. The monoisotopic (exact) mass is 365 g/mol. The molecule has 0 aliphatic rings. The van der Waals surface area contributed by atoms with Gasteiger partial charge < -0.3 is 4.74 Å². The van der Waals surface area contributed by atoms with Crippen LogP contribution in [0.3, 0.4) is 0 Å². The van der Waals surface area contributed by atoms with Gasteiger partial charge in [-0.25, -0.2) is 9.78 Å². The molecule has 27 heavy (non-hydrogen) atoms. The molecule has 1 heterocycles. The van der Waals surface area contributed by atoms with E-state index in [1.165, 1.54) is 56.6 Å². The molecule has 0 fully saturated rings. The number of esters is 1. The number of ether oxygens (including phenoxy) is 1. The zero-order valence-corrected chi connectivity index (χ0v) is 16.4. The Morgan fingerprint density at radius 1 is 0.926 bits per heavy atom. The van der Waals surface area contributed by atoms with E-state index < -0.39 is 5.97 Å². The van der Waals surface area contributed by atoms with Crippen LogP contribution in [0, 0.1) is 0 Å². The third kappa shape index (κ3) is 9.18. The van der Waals surface area contributed by atoms with Gasteiger partial charge in [0.1, 0.15) is 0 Å². The normalized spacial score (nSPS) is 11.0. The first-order chi connectivity index (χ1) is 13.3. The van der Waals surface area contributed by atoms with Crippen LogP contribution in [0.25, 0.3) is 0 Å². The van der Waals surface area contributed by atoms with Crippen molar-refractivity contribution in [1.82, 2.24) is 4.98 Å². The molecule has 0 aliphatic carbocycles. The minimum absolute atomic E-state index is 0.354. The Kier molecular flexibility index (Phi) is 9.95. The smallest absolute Gasteiger partial charge is 0.337 e. The van der Waals surface area contributed by atoms with E-state index in [4.69, 9.17) is 4.74 Å². The average Bonchev–Trinajstić information content (AvgIpc) is 2.69. The van der Waals surface area contributed by atoms with Crippen LogP contribution in [0.15, 0.2) is 60.8 Å². The number of allylic oxidation sites excluding steroid dienone is 1. The molecule has 0 bridgehead atoms.